The third-order valence-corrected chi connectivity index (χ3v) is 4.30. The van der Waals surface area contributed by atoms with Crippen LogP contribution in [0.2, 0.25) is 0 Å². The van der Waals surface area contributed by atoms with Gasteiger partial charge in [0, 0.05) is 38.9 Å². The first kappa shape index (κ1) is 12.9. The van der Waals surface area contributed by atoms with Gasteiger partial charge in [-0.3, -0.25) is 9.58 Å². The van der Waals surface area contributed by atoms with E-state index >= 15 is 0 Å². The molecule has 1 aromatic heterocycles. The van der Waals surface area contributed by atoms with Crippen molar-refractivity contribution < 1.29 is 0 Å². The second kappa shape index (κ2) is 4.96. The van der Waals surface area contributed by atoms with Gasteiger partial charge in [0.05, 0.1) is 5.69 Å². The predicted octanol–water partition coefficient (Wildman–Crippen LogP) is 1.01. The third kappa shape index (κ3) is 2.34. The van der Waals surface area contributed by atoms with Crippen LogP contribution in [0.1, 0.15) is 18.5 Å². The number of nitrogens with two attached hydrogens (primary N) is 1. The first-order chi connectivity index (χ1) is 7.74. The molecular formula is C12H21ClN4. The topological polar surface area (TPSA) is 47.1 Å². The van der Waals surface area contributed by atoms with Gasteiger partial charge in [-0.1, -0.05) is 0 Å². The highest BCUT2D eigenvalue weighted by Gasteiger charge is 2.40. The van der Waals surface area contributed by atoms with Crippen molar-refractivity contribution in [2.24, 2.45) is 24.6 Å². The van der Waals surface area contributed by atoms with Crippen molar-refractivity contribution in [3.8, 4) is 0 Å². The van der Waals surface area contributed by atoms with E-state index in [-0.39, 0.29) is 12.4 Å². The second-order valence-corrected chi connectivity index (χ2v) is 5.31. The van der Waals surface area contributed by atoms with Crippen LogP contribution in [0.25, 0.3) is 0 Å². The molecule has 5 heteroatoms. The lowest BCUT2D eigenvalue weighted by atomic mass is 9.98. The summed E-state index contributed by atoms with van der Waals surface area (Å²) in [5.74, 6) is 1.59. The molecule has 17 heavy (non-hydrogen) atoms. The smallest absolute Gasteiger partial charge is 0.0521 e. The highest BCUT2D eigenvalue weighted by Crippen LogP contribution is 2.37. The monoisotopic (exact) mass is 256 g/mol. The minimum atomic E-state index is 0. The molecular weight excluding hydrogens is 236 g/mol. The quantitative estimate of drug-likeness (QED) is 0.859. The Morgan fingerprint density at radius 3 is 2.88 bits per heavy atom. The van der Waals surface area contributed by atoms with E-state index in [1.807, 2.05) is 17.9 Å². The van der Waals surface area contributed by atoms with Gasteiger partial charge in [0.2, 0.25) is 0 Å². The minimum Gasteiger partial charge on any atom is -0.327 e. The molecule has 0 amide bonds. The standard InChI is InChI=1S/C12H20N4.ClH/c1-15-10(4-5-14-15)7-16-6-9-2-3-12(13)11(9)8-16;/h4-5,9,11-12H,2-3,6-8,13H2,1H3;1H. The molecule has 1 saturated carbocycles. The summed E-state index contributed by atoms with van der Waals surface area (Å²) in [6.45, 7) is 3.43. The molecule has 2 fully saturated rings. The zero-order valence-electron chi connectivity index (χ0n) is 10.2. The van der Waals surface area contributed by atoms with Crippen LogP contribution in [0.3, 0.4) is 0 Å². The number of halogens is 1. The van der Waals surface area contributed by atoms with Crippen molar-refractivity contribution in [3.05, 3.63) is 18.0 Å². The molecule has 0 bridgehead atoms. The summed E-state index contributed by atoms with van der Waals surface area (Å²) in [6.07, 6.45) is 4.43. The van der Waals surface area contributed by atoms with E-state index in [0.717, 1.165) is 18.4 Å². The molecule has 0 spiro atoms. The van der Waals surface area contributed by atoms with E-state index in [9.17, 15) is 0 Å². The van der Waals surface area contributed by atoms with E-state index in [4.69, 9.17) is 5.73 Å². The SMILES string of the molecule is Cl.Cn1nccc1CN1CC2CCC(N)C2C1. The molecule has 2 heterocycles. The van der Waals surface area contributed by atoms with E-state index < -0.39 is 0 Å². The van der Waals surface area contributed by atoms with Crippen molar-refractivity contribution in [2.75, 3.05) is 13.1 Å². The molecule has 1 aromatic rings. The molecule has 3 atom stereocenters. The molecule has 2 N–H and O–H groups in total. The molecule has 0 aromatic carbocycles. The first-order valence-electron chi connectivity index (χ1n) is 6.19. The van der Waals surface area contributed by atoms with Gasteiger partial charge in [-0.05, 0) is 30.7 Å². The van der Waals surface area contributed by atoms with Crippen molar-refractivity contribution in [2.45, 2.75) is 25.4 Å². The molecule has 3 unspecified atom stereocenters. The average Bonchev–Trinajstić information content (AvgIpc) is 2.90. The van der Waals surface area contributed by atoms with E-state index in [1.54, 1.807) is 0 Å². The zero-order valence-corrected chi connectivity index (χ0v) is 11.1. The van der Waals surface area contributed by atoms with E-state index in [1.165, 1.54) is 31.6 Å². The Bertz CT molecular complexity index is 378. The Hall–Kier alpha value is -0.580. The Kier molecular flexibility index (Phi) is 3.76. The van der Waals surface area contributed by atoms with Gasteiger partial charge in [0.15, 0.2) is 0 Å². The van der Waals surface area contributed by atoms with E-state index in [2.05, 4.69) is 16.1 Å². The van der Waals surface area contributed by atoms with Crippen molar-refractivity contribution >= 4 is 12.4 Å². The van der Waals surface area contributed by atoms with Gasteiger partial charge in [0.25, 0.3) is 0 Å². The Morgan fingerprint density at radius 2 is 2.24 bits per heavy atom. The number of likely N-dealkylation sites (tertiary alicyclic amines) is 1. The largest absolute Gasteiger partial charge is 0.327 e. The summed E-state index contributed by atoms with van der Waals surface area (Å²) >= 11 is 0. The van der Waals surface area contributed by atoms with E-state index in [0.29, 0.717) is 6.04 Å². The summed E-state index contributed by atoms with van der Waals surface area (Å²) in [6, 6.07) is 2.55. The number of nitrogens with zero attached hydrogens (tertiary/aromatic N) is 3. The number of hydrogen-bond acceptors (Lipinski definition) is 3. The van der Waals surface area contributed by atoms with Crippen LogP contribution >= 0.6 is 12.4 Å². The maximum atomic E-state index is 6.14. The minimum absolute atomic E-state index is 0. The number of fused-ring (bicyclic) bond motifs is 1. The van der Waals surface area contributed by atoms with Crippen LogP contribution in [-0.2, 0) is 13.6 Å². The van der Waals surface area contributed by atoms with Crippen LogP contribution in [-0.4, -0.2) is 33.8 Å². The van der Waals surface area contributed by atoms with Crippen LogP contribution in [0.4, 0.5) is 0 Å². The van der Waals surface area contributed by atoms with Crippen LogP contribution in [0.15, 0.2) is 12.3 Å². The highest BCUT2D eigenvalue weighted by atomic mass is 35.5. The molecule has 2 aliphatic rings. The Labute approximate surface area is 109 Å². The zero-order chi connectivity index (χ0) is 11.1. The van der Waals surface area contributed by atoms with Gasteiger partial charge in [-0.25, -0.2) is 0 Å². The number of rotatable bonds is 2. The van der Waals surface area contributed by atoms with Crippen LogP contribution in [0, 0.1) is 11.8 Å². The summed E-state index contributed by atoms with van der Waals surface area (Å²) in [4.78, 5) is 2.53. The van der Waals surface area contributed by atoms with Gasteiger partial charge in [-0.2, -0.15) is 5.10 Å². The fraction of sp³-hybridized carbons (Fsp3) is 0.750. The second-order valence-electron chi connectivity index (χ2n) is 5.31. The van der Waals surface area contributed by atoms with Gasteiger partial charge < -0.3 is 5.73 Å². The molecule has 1 saturated heterocycles. The third-order valence-electron chi connectivity index (χ3n) is 4.30. The van der Waals surface area contributed by atoms with Crippen LogP contribution < -0.4 is 5.73 Å². The first-order valence-corrected chi connectivity index (χ1v) is 6.19. The predicted molar refractivity (Wildman–Crippen MR) is 69.9 cm³/mol. The molecule has 4 nitrogen and oxygen atoms in total. The normalized spacial score (nSPS) is 32.5. The molecule has 3 rings (SSSR count). The summed E-state index contributed by atoms with van der Waals surface area (Å²) in [5, 5.41) is 4.21. The molecule has 96 valence electrons. The Balaban J connectivity index is 0.00000108. The summed E-state index contributed by atoms with van der Waals surface area (Å²) < 4.78 is 1.97. The lowest BCUT2D eigenvalue weighted by molar-refractivity contribution is 0.290. The van der Waals surface area contributed by atoms with Gasteiger partial charge in [-0.15, -0.1) is 12.4 Å². The van der Waals surface area contributed by atoms with Crippen LogP contribution in [0.5, 0.6) is 0 Å². The fourth-order valence-corrected chi connectivity index (χ4v) is 3.31. The number of aromatic nitrogens is 2. The average molecular weight is 257 g/mol. The molecule has 1 aliphatic heterocycles. The number of hydrogen-bond donors (Lipinski definition) is 1. The Morgan fingerprint density at radius 1 is 1.41 bits per heavy atom. The summed E-state index contributed by atoms with van der Waals surface area (Å²) in [5.41, 5.74) is 7.44. The van der Waals surface area contributed by atoms with Crippen molar-refractivity contribution in [1.82, 2.24) is 14.7 Å². The lowest BCUT2D eigenvalue weighted by Crippen LogP contribution is -2.30. The maximum Gasteiger partial charge on any atom is 0.0521 e. The highest BCUT2D eigenvalue weighted by molar-refractivity contribution is 5.85. The molecule has 0 radical (unpaired) electrons. The van der Waals surface area contributed by atoms with Crippen molar-refractivity contribution in [3.63, 3.8) is 0 Å². The van der Waals surface area contributed by atoms with Crippen molar-refractivity contribution in [1.29, 1.82) is 0 Å². The number of aryl methyl sites for hydroxylation is 1. The van der Waals surface area contributed by atoms with Gasteiger partial charge >= 0.3 is 0 Å². The summed E-state index contributed by atoms with van der Waals surface area (Å²) in [7, 11) is 2.01. The fourth-order valence-electron chi connectivity index (χ4n) is 3.31. The molecule has 1 aliphatic carbocycles. The lowest BCUT2D eigenvalue weighted by Gasteiger charge is -2.18. The van der Waals surface area contributed by atoms with Gasteiger partial charge in [0.1, 0.15) is 0 Å². The maximum absolute atomic E-state index is 6.14.